The normalized spacial score (nSPS) is 22.0. The molecule has 0 bridgehead atoms. The summed E-state index contributed by atoms with van der Waals surface area (Å²) >= 11 is 9.35. The fourth-order valence-corrected chi connectivity index (χ4v) is 3.30. The first kappa shape index (κ1) is 15.7. The number of anilines is 1. The maximum Gasteiger partial charge on any atom is 0.224 e. The molecule has 1 aliphatic heterocycles. The minimum Gasteiger partial charge on any atom is -0.365 e. The van der Waals surface area contributed by atoms with E-state index in [2.05, 4.69) is 73.4 Å². The quantitative estimate of drug-likeness (QED) is 0.814. The molecule has 2 aromatic rings. The summed E-state index contributed by atoms with van der Waals surface area (Å²) in [5.74, 6) is 0.762. The van der Waals surface area contributed by atoms with Gasteiger partial charge in [0, 0.05) is 31.4 Å². The number of hydrogen-bond donors (Lipinski definition) is 1. The SMILES string of the molecule is CC1C(Nc2nc(Cl)ncc2Br)CCN1Cc1ccccc1. The number of aromatic nitrogens is 2. The van der Waals surface area contributed by atoms with Gasteiger partial charge in [-0.1, -0.05) is 30.3 Å². The molecule has 0 aliphatic carbocycles. The van der Waals surface area contributed by atoms with E-state index in [1.165, 1.54) is 5.56 Å². The zero-order valence-electron chi connectivity index (χ0n) is 12.3. The number of likely N-dealkylation sites (tertiary alicyclic amines) is 1. The van der Waals surface area contributed by atoms with Crippen molar-refractivity contribution in [3.05, 3.63) is 51.8 Å². The largest absolute Gasteiger partial charge is 0.365 e. The van der Waals surface area contributed by atoms with Crippen LogP contribution >= 0.6 is 27.5 Å². The van der Waals surface area contributed by atoms with Gasteiger partial charge in [0.15, 0.2) is 0 Å². The Morgan fingerprint density at radius 3 is 2.91 bits per heavy atom. The van der Waals surface area contributed by atoms with Gasteiger partial charge >= 0.3 is 0 Å². The molecule has 1 aliphatic rings. The summed E-state index contributed by atoms with van der Waals surface area (Å²) in [5.41, 5.74) is 1.35. The van der Waals surface area contributed by atoms with Crippen LogP contribution in [0, 0.1) is 0 Å². The molecule has 6 heteroatoms. The third kappa shape index (κ3) is 3.59. The van der Waals surface area contributed by atoms with Crippen LogP contribution < -0.4 is 5.32 Å². The molecule has 1 N–H and O–H groups in total. The predicted octanol–water partition coefficient (Wildman–Crippen LogP) is 3.97. The van der Waals surface area contributed by atoms with Gasteiger partial charge in [0.05, 0.1) is 4.47 Å². The number of nitrogens with one attached hydrogen (secondary N) is 1. The summed E-state index contributed by atoms with van der Waals surface area (Å²) in [6.45, 7) is 4.31. The van der Waals surface area contributed by atoms with Crippen molar-refractivity contribution in [2.75, 3.05) is 11.9 Å². The van der Waals surface area contributed by atoms with Crippen LogP contribution in [0.1, 0.15) is 18.9 Å². The fraction of sp³-hybridized carbons (Fsp3) is 0.375. The van der Waals surface area contributed by atoms with Crippen molar-refractivity contribution in [2.24, 2.45) is 0 Å². The van der Waals surface area contributed by atoms with Gasteiger partial charge in [-0.2, -0.15) is 4.98 Å². The summed E-state index contributed by atoms with van der Waals surface area (Å²) < 4.78 is 0.839. The lowest BCUT2D eigenvalue weighted by atomic mass is 10.1. The molecule has 0 saturated carbocycles. The molecule has 2 heterocycles. The zero-order valence-corrected chi connectivity index (χ0v) is 14.7. The van der Waals surface area contributed by atoms with Gasteiger partial charge in [0.1, 0.15) is 5.82 Å². The Labute approximate surface area is 144 Å². The summed E-state index contributed by atoms with van der Waals surface area (Å²) in [6, 6.07) is 11.4. The Morgan fingerprint density at radius 2 is 2.14 bits per heavy atom. The van der Waals surface area contributed by atoms with Gasteiger partial charge in [-0.25, -0.2) is 4.98 Å². The molecule has 22 heavy (non-hydrogen) atoms. The van der Waals surface area contributed by atoms with Gasteiger partial charge in [-0.05, 0) is 46.4 Å². The van der Waals surface area contributed by atoms with E-state index < -0.39 is 0 Å². The average molecular weight is 382 g/mol. The van der Waals surface area contributed by atoms with Crippen LogP contribution in [-0.4, -0.2) is 33.5 Å². The van der Waals surface area contributed by atoms with Crippen LogP contribution in [0.3, 0.4) is 0 Å². The van der Waals surface area contributed by atoms with Crippen LogP contribution in [0.2, 0.25) is 5.28 Å². The number of rotatable bonds is 4. The minimum absolute atomic E-state index is 0.262. The summed E-state index contributed by atoms with van der Waals surface area (Å²) in [5, 5.41) is 3.75. The van der Waals surface area contributed by atoms with Crippen molar-refractivity contribution in [3.8, 4) is 0 Å². The molecular weight excluding hydrogens is 364 g/mol. The second kappa shape index (κ2) is 6.94. The van der Waals surface area contributed by atoms with E-state index in [0.717, 1.165) is 29.8 Å². The molecule has 0 amide bonds. The van der Waals surface area contributed by atoms with Crippen LogP contribution in [0.5, 0.6) is 0 Å². The van der Waals surface area contributed by atoms with Gasteiger partial charge in [0.25, 0.3) is 0 Å². The zero-order chi connectivity index (χ0) is 15.5. The average Bonchev–Trinajstić information content (AvgIpc) is 2.85. The molecule has 3 rings (SSSR count). The van der Waals surface area contributed by atoms with Crippen LogP contribution in [-0.2, 0) is 6.54 Å². The highest BCUT2D eigenvalue weighted by Crippen LogP contribution is 2.27. The third-order valence-corrected chi connectivity index (χ3v) is 4.91. The standard InChI is InChI=1S/C16H18BrClN4/c1-11-14(20-15-13(17)9-19-16(18)21-15)7-8-22(11)10-12-5-3-2-4-6-12/h2-6,9,11,14H,7-8,10H2,1H3,(H,19,20,21). The summed E-state index contributed by atoms with van der Waals surface area (Å²) in [6.07, 6.45) is 2.76. The monoisotopic (exact) mass is 380 g/mol. The Hall–Kier alpha value is -1.17. The van der Waals surface area contributed by atoms with Crippen LogP contribution in [0.15, 0.2) is 41.0 Å². The van der Waals surface area contributed by atoms with Crippen molar-refractivity contribution < 1.29 is 0 Å². The molecule has 0 spiro atoms. The van der Waals surface area contributed by atoms with Crippen molar-refractivity contribution in [2.45, 2.75) is 32.0 Å². The molecule has 2 atom stereocenters. The van der Waals surface area contributed by atoms with E-state index in [9.17, 15) is 0 Å². The Morgan fingerprint density at radius 1 is 1.36 bits per heavy atom. The van der Waals surface area contributed by atoms with Crippen LogP contribution in [0.25, 0.3) is 0 Å². The third-order valence-electron chi connectivity index (χ3n) is 4.15. The lowest BCUT2D eigenvalue weighted by Crippen LogP contribution is -2.36. The number of hydrogen-bond acceptors (Lipinski definition) is 4. The highest BCUT2D eigenvalue weighted by atomic mass is 79.9. The Kier molecular flexibility index (Phi) is 4.96. The molecule has 4 nitrogen and oxygen atoms in total. The maximum atomic E-state index is 5.88. The van der Waals surface area contributed by atoms with Crippen molar-refractivity contribution in [3.63, 3.8) is 0 Å². The Balaban J connectivity index is 1.66. The molecule has 1 fully saturated rings. The first-order chi connectivity index (χ1) is 10.6. The van der Waals surface area contributed by atoms with Gasteiger partial charge in [-0.3, -0.25) is 4.90 Å². The second-order valence-electron chi connectivity index (χ2n) is 5.57. The predicted molar refractivity (Wildman–Crippen MR) is 93.1 cm³/mol. The van der Waals surface area contributed by atoms with E-state index >= 15 is 0 Å². The maximum absolute atomic E-state index is 5.88. The minimum atomic E-state index is 0.262. The smallest absolute Gasteiger partial charge is 0.224 e. The second-order valence-corrected chi connectivity index (χ2v) is 6.76. The van der Waals surface area contributed by atoms with E-state index in [4.69, 9.17) is 11.6 Å². The molecule has 0 radical (unpaired) electrons. The summed E-state index contributed by atoms with van der Waals surface area (Å²) in [7, 11) is 0. The number of halogens is 2. The van der Waals surface area contributed by atoms with Gasteiger partial charge < -0.3 is 5.32 Å². The Bertz CT molecular complexity index is 637. The molecule has 1 aromatic carbocycles. The van der Waals surface area contributed by atoms with Crippen molar-refractivity contribution in [1.29, 1.82) is 0 Å². The molecule has 116 valence electrons. The van der Waals surface area contributed by atoms with Gasteiger partial charge in [0.2, 0.25) is 5.28 Å². The van der Waals surface area contributed by atoms with Gasteiger partial charge in [-0.15, -0.1) is 0 Å². The van der Waals surface area contributed by atoms with Crippen LogP contribution in [0.4, 0.5) is 5.82 Å². The van der Waals surface area contributed by atoms with Crippen molar-refractivity contribution in [1.82, 2.24) is 14.9 Å². The first-order valence-corrected chi connectivity index (χ1v) is 8.53. The molecule has 1 saturated heterocycles. The van der Waals surface area contributed by atoms with E-state index in [-0.39, 0.29) is 5.28 Å². The lowest BCUT2D eigenvalue weighted by molar-refractivity contribution is 0.255. The van der Waals surface area contributed by atoms with E-state index in [0.29, 0.717) is 12.1 Å². The lowest BCUT2D eigenvalue weighted by Gasteiger charge is -2.25. The fourth-order valence-electron chi connectivity index (χ4n) is 2.86. The highest BCUT2D eigenvalue weighted by Gasteiger charge is 2.31. The van der Waals surface area contributed by atoms with E-state index in [1.54, 1.807) is 6.20 Å². The molecule has 2 unspecified atom stereocenters. The summed E-state index contributed by atoms with van der Waals surface area (Å²) in [4.78, 5) is 10.7. The topological polar surface area (TPSA) is 41.1 Å². The number of benzene rings is 1. The molecular formula is C16H18BrClN4. The van der Waals surface area contributed by atoms with E-state index in [1.807, 2.05) is 0 Å². The first-order valence-electron chi connectivity index (χ1n) is 7.36. The molecule has 1 aromatic heterocycles. The number of nitrogens with zero attached hydrogens (tertiary/aromatic N) is 3. The van der Waals surface area contributed by atoms with Crippen molar-refractivity contribution >= 4 is 33.3 Å². The highest BCUT2D eigenvalue weighted by molar-refractivity contribution is 9.10.